The maximum Gasteiger partial charge on any atom is 0.150 e. The standard InChI is InChI=1S/C27H27FN2O3/c1-18-24-13-22(31)6-9-25(24)33-27(26(18)21-3-2-10-29-15-21)20-4-7-23(8-5-20)32-12-11-30-16-19(14-28)17-30/h2-10,13,15,19,27,31H,11-12,14,16-17H2,1H3/t27-/m0/s1. The van der Waals surface area contributed by atoms with Gasteiger partial charge in [0, 0.05) is 54.6 Å². The lowest BCUT2D eigenvalue weighted by Gasteiger charge is -2.37. The molecule has 1 fully saturated rings. The Bertz CT molecular complexity index is 1140. The molecule has 1 saturated heterocycles. The average molecular weight is 447 g/mol. The smallest absolute Gasteiger partial charge is 0.150 e. The fourth-order valence-electron chi connectivity index (χ4n) is 4.55. The van der Waals surface area contributed by atoms with Crippen LogP contribution in [0.25, 0.3) is 11.1 Å². The van der Waals surface area contributed by atoms with Gasteiger partial charge in [0.1, 0.15) is 30.0 Å². The second-order valence-electron chi connectivity index (χ2n) is 8.66. The van der Waals surface area contributed by atoms with E-state index in [1.165, 1.54) is 0 Å². The number of hydrogen-bond donors (Lipinski definition) is 1. The summed E-state index contributed by atoms with van der Waals surface area (Å²) >= 11 is 0. The van der Waals surface area contributed by atoms with E-state index >= 15 is 0 Å². The van der Waals surface area contributed by atoms with Gasteiger partial charge in [0.05, 0.1) is 6.67 Å². The molecule has 1 N–H and O–H groups in total. The number of phenolic OH excluding ortho intramolecular Hbond substituents is 1. The van der Waals surface area contributed by atoms with Gasteiger partial charge in [0.2, 0.25) is 0 Å². The summed E-state index contributed by atoms with van der Waals surface area (Å²) in [6.07, 6.45) is 3.28. The Morgan fingerprint density at radius 3 is 2.70 bits per heavy atom. The number of fused-ring (bicyclic) bond motifs is 1. The van der Waals surface area contributed by atoms with Crippen molar-refractivity contribution < 1.29 is 19.0 Å². The van der Waals surface area contributed by atoms with Crippen LogP contribution in [0.15, 0.2) is 67.0 Å². The van der Waals surface area contributed by atoms with Crippen LogP contribution in [-0.2, 0) is 0 Å². The number of pyridine rings is 1. The first-order chi connectivity index (χ1) is 16.1. The van der Waals surface area contributed by atoms with E-state index in [0.29, 0.717) is 6.61 Å². The van der Waals surface area contributed by atoms with Gasteiger partial charge >= 0.3 is 0 Å². The molecule has 5 rings (SSSR count). The van der Waals surface area contributed by atoms with Crippen LogP contribution in [-0.4, -0.2) is 47.9 Å². The second-order valence-corrected chi connectivity index (χ2v) is 8.66. The maximum atomic E-state index is 12.6. The molecule has 5 nitrogen and oxygen atoms in total. The molecule has 33 heavy (non-hydrogen) atoms. The van der Waals surface area contributed by atoms with Crippen molar-refractivity contribution in [2.45, 2.75) is 13.0 Å². The lowest BCUT2D eigenvalue weighted by molar-refractivity contribution is 0.0668. The van der Waals surface area contributed by atoms with Crippen molar-refractivity contribution in [1.82, 2.24) is 9.88 Å². The van der Waals surface area contributed by atoms with Crippen molar-refractivity contribution >= 4 is 11.1 Å². The highest BCUT2D eigenvalue weighted by atomic mass is 19.1. The minimum atomic E-state index is -0.306. The highest BCUT2D eigenvalue weighted by molar-refractivity contribution is 5.95. The summed E-state index contributed by atoms with van der Waals surface area (Å²) in [7, 11) is 0. The lowest BCUT2D eigenvalue weighted by atomic mass is 9.86. The number of phenols is 1. The molecule has 2 aliphatic heterocycles. The van der Waals surface area contributed by atoms with Crippen LogP contribution in [0.3, 0.4) is 0 Å². The maximum absolute atomic E-state index is 12.6. The van der Waals surface area contributed by atoms with E-state index in [9.17, 15) is 9.50 Å². The Morgan fingerprint density at radius 1 is 1.15 bits per heavy atom. The van der Waals surface area contributed by atoms with Gasteiger partial charge in [-0.1, -0.05) is 18.2 Å². The van der Waals surface area contributed by atoms with Crippen molar-refractivity contribution in [2.75, 3.05) is 32.9 Å². The van der Waals surface area contributed by atoms with Crippen molar-refractivity contribution in [3.05, 3.63) is 83.7 Å². The molecule has 0 spiro atoms. The number of benzene rings is 2. The molecular formula is C27H27FN2O3. The lowest BCUT2D eigenvalue weighted by Crippen LogP contribution is -2.49. The normalized spacial score (nSPS) is 18.4. The summed E-state index contributed by atoms with van der Waals surface area (Å²) in [6.45, 7) is 4.84. The van der Waals surface area contributed by atoms with Gasteiger partial charge in [0.25, 0.3) is 0 Å². The van der Waals surface area contributed by atoms with Crippen molar-refractivity contribution in [3.8, 4) is 17.2 Å². The summed E-state index contributed by atoms with van der Waals surface area (Å²) in [5.41, 5.74) is 4.94. The number of alkyl halides is 1. The van der Waals surface area contributed by atoms with Crippen LogP contribution in [0.4, 0.5) is 4.39 Å². The molecule has 2 aliphatic rings. The molecule has 6 heteroatoms. The fourth-order valence-corrected chi connectivity index (χ4v) is 4.55. The van der Waals surface area contributed by atoms with E-state index in [1.54, 1.807) is 18.3 Å². The minimum Gasteiger partial charge on any atom is -0.508 e. The molecule has 0 radical (unpaired) electrons. The molecule has 0 saturated carbocycles. The number of allylic oxidation sites excluding steroid dienone is 1. The van der Waals surface area contributed by atoms with Gasteiger partial charge in [-0.15, -0.1) is 0 Å². The molecule has 2 aromatic carbocycles. The van der Waals surface area contributed by atoms with Crippen LogP contribution >= 0.6 is 0 Å². The number of hydrogen-bond acceptors (Lipinski definition) is 5. The summed E-state index contributed by atoms with van der Waals surface area (Å²) < 4.78 is 24.9. The third kappa shape index (κ3) is 4.44. The number of aromatic hydroxyl groups is 1. The zero-order valence-electron chi connectivity index (χ0n) is 18.6. The molecule has 0 unspecified atom stereocenters. The van der Waals surface area contributed by atoms with E-state index in [2.05, 4.69) is 16.8 Å². The highest BCUT2D eigenvalue weighted by Gasteiger charge is 2.30. The third-order valence-electron chi connectivity index (χ3n) is 6.36. The van der Waals surface area contributed by atoms with E-state index in [-0.39, 0.29) is 24.4 Å². The average Bonchev–Trinajstić information content (AvgIpc) is 2.82. The number of ether oxygens (including phenoxy) is 2. The highest BCUT2D eigenvalue weighted by Crippen LogP contribution is 2.47. The molecular weight excluding hydrogens is 419 g/mol. The Balaban J connectivity index is 1.36. The SMILES string of the molecule is CC1=C(c2cccnc2)[C@H](c2ccc(OCCN3CC(CF)C3)cc2)Oc2ccc(O)cc21. The predicted molar refractivity (Wildman–Crippen MR) is 126 cm³/mol. The first kappa shape index (κ1) is 21.5. The molecule has 0 aliphatic carbocycles. The van der Waals surface area contributed by atoms with Crippen LogP contribution in [0, 0.1) is 5.92 Å². The number of nitrogens with zero attached hydrogens (tertiary/aromatic N) is 2. The van der Waals surface area contributed by atoms with Crippen molar-refractivity contribution in [2.24, 2.45) is 5.92 Å². The first-order valence-electron chi connectivity index (χ1n) is 11.2. The summed E-state index contributed by atoms with van der Waals surface area (Å²) in [5, 5.41) is 10.0. The zero-order chi connectivity index (χ0) is 22.8. The van der Waals surface area contributed by atoms with Crippen molar-refractivity contribution in [3.63, 3.8) is 0 Å². The number of rotatable bonds is 7. The summed E-state index contributed by atoms with van der Waals surface area (Å²) in [6, 6.07) is 17.1. The second kappa shape index (κ2) is 9.24. The van der Waals surface area contributed by atoms with Crippen LogP contribution in [0.5, 0.6) is 17.2 Å². The molecule has 0 amide bonds. The van der Waals surface area contributed by atoms with Gasteiger partial charge in [-0.3, -0.25) is 14.3 Å². The van der Waals surface area contributed by atoms with E-state index < -0.39 is 0 Å². The van der Waals surface area contributed by atoms with E-state index in [0.717, 1.165) is 59.0 Å². The van der Waals surface area contributed by atoms with Gasteiger partial charge in [-0.25, -0.2) is 0 Å². The molecule has 170 valence electrons. The topological polar surface area (TPSA) is 54.8 Å². The third-order valence-corrected chi connectivity index (χ3v) is 6.36. The monoisotopic (exact) mass is 446 g/mol. The van der Waals surface area contributed by atoms with Gasteiger partial charge in [0.15, 0.2) is 0 Å². The van der Waals surface area contributed by atoms with Crippen LogP contribution in [0.1, 0.15) is 29.7 Å². The summed E-state index contributed by atoms with van der Waals surface area (Å²) in [4.78, 5) is 6.50. The Kier molecular flexibility index (Phi) is 6.01. The number of halogens is 1. The molecule has 1 atom stereocenters. The van der Waals surface area contributed by atoms with Gasteiger partial charge in [-0.05, 0) is 54.5 Å². The zero-order valence-corrected chi connectivity index (χ0v) is 18.6. The Hall–Kier alpha value is -3.38. The van der Waals surface area contributed by atoms with Gasteiger partial charge in [-0.2, -0.15) is 0 Å². The minimum absolute atomic E-state index is 0.194. The Labute approximate surface area is 193 Å². The molecule has 1 aromatic heterocycles. The van der Waals surface area contributed by atoms with Crippen LogP contribution < -0.4 is 9.47 Å². The summed E-state index contributed by atoms with van der Waals surface area (Å²) in [5.74, 6) is 1.94. The largest absolute Gasteiger partial charge is 0.508 e. The fraction of sp³-hybridized carbons (Fsp3) is 0.296. The number of likely N-dealkylation sites (tertiary alicyclic amines) is 1. The van der Waals surface area contributed by atoms with Gasteiger partial charge < -0.3 is 14.6 Å². The first-order valence-corrected chi connectivity index (χ1v) is 11.2. The van der Waals surface area contributed by atoms with E-state index in [1.807, 2.05) is 48.7 Å². The van der Waals surface area contributed by atoms with Crippen LogP contribution in [0.2, 0.25) is 0 Å². The molecule has 0 bridgehead atoms. The van der Waals surface area contributed by atoms with Crippen molar-refractivity contribution in [1.29, 1.82) is 0 Å². The Morgan fingerprint density at radius 2 is 1.97 bits per heavy atom. The number of aromatic nitrogens is 1. The molecule has 3 aromatic rings. The predicted octanol–water partition coefficient (Wildman–Crippen LogP) is 5.13. The van der Waals surface area contributed by atoms with E-state index in [4.69, 9.17) is 9.47 Å². The quantitative estimate of drug-likeness (QED) is 0.545. The molecule has 3 heterocycles.